The largest absolute Gasteiger partial charge is 0.371 e. The van der Waals surface area contributed by atoms with Gasteiger partial charge in [-0.3, -0.25) is 4.68 Å². The lowest BCUT2D eigenvalue weighted by Crippen LogP contribution is -2.34. The Hall–Kier alpha value is -1.47. The Bertz CT molecular complexity index is 588. The van der Waals surface area contributed by atoms with Crippen molar-refractivity contribution in [1.82, 2.24) is 19.7 Å². The van der Waals surface area contributed by atoms with Gasteiger partial charge in [0.25, 0.3) is 0 Å². The van der Waals surface area contributed by atoms with E-state index in [0.717, 1.165) is 35.3 Å². The molecule has 1 aliphatic heterocycles. The van der Waals surface area contributed by atoms with Gasteiger partial charge in [0.15, 0.2) is 0 Å². The van der Waals surface area contributed by atoms with Crippen LogP contribution in [0.1, 0.15) is 24.5 Å². The predicted octanol–water partition coefficient (Wildman–Crippen LogP) is 2.30. The summed E-state index contributed by atoms with van der Waals surface area (Å²) in [5.74, 6) is 0.796. The lowest BCUT2D eigenvalue weighted by Gasteiger charge is -2.32. The molecule has 2 aromatic heterocycles. The van der Waals surface area contributed by atoms with Crippen molar-refractivity contribution in [1.29, 1.82) is 0 Å². The van der Waals surface area contributed by atoms with E-state index in [4.69, 9.17) is 4.74 Å². The average Bonchev–Trinajstić information content (AvgIpc) is 2.88. The lowest BCUT2D eigenvalue weighted by molar-refractivity contribution is 0.00550. The van der Waals surface area contributed by atoms with Crippen molar-refractivity contribution in [2.24, 2.45) is 7.05 Å². The van der Waals surface area contributed by atoms with E-state index in [9.17, 15) is 0 Å². The first kappa shape index (κ1) is 13.5. The summed E-state index contributed by atoms with van der Waals surface area (Å²) in [5, 5.41) is 7.67. The Kier molecular flexibility index (Phi) is 3.98. The maximum atomic E-state index is 5.93. The van der Waals surface area contributed by atoms with Crippen LogP contribution >= 0.6 is 15.9 Å². The van der Waals surface area contributed by atoms with Crippen molar-refractivity contribution < 1.29 is 4.74 Å². The Morgan fingerprint density at radius 2 is 2.35 bits per heavy atom. The number of aryl methyl sites for hydroxylation is 1. The van der Waals surface area contributed by atoms with E-state index in [1.54, 1.807) is 10.9 Å². The summed E-state index contributed by atoms with van der Waals surface area (Å²) < 4.78 is 8.58. The van der Waals surface area contributed by atoms with Crippen LogP contribution in [-0.2, 0) is 11.8 Å². The van der Waals surface area contributed by atoms with Gasteiger partial charge in [-0.05, 0) is 28.8 Å². The maximum absolute atomic E-state index is 5.93. The van der Waals surface area contributed by atoms with Crippen molar-refractivity contribution >= 4 is 21.7 Å². The fourth-order valence-corrected chi connectivity index (χ4v) is 2.77. The zero-order valence-corrected chi connectivity index (χ0v) is 12.7. The number of hydrogen-bond donors (Lipinski definition) is 1. The van der Waals surface area contributed by atoms with E-state index in [2.05, 4.69) is 36.3 Å². The summed E-state index contributed by atoms with van der Waals surface area (Å²) in [6.45, 7) is 0.780. The lowest BCUT2D eigenvalue weighted by atomic mass is 9.98. The number of ether oxygens (including phenoxy) is 1. The van der Waals surface area contributed by atoms with Gasteiger partial charge < -0.3 is 10.1 Å². The summed E-state index contributed by atoms with van der Waals surface area (Å²) in [6, 6.07) is 0.180. The highest BCUT2D eigenvalue weighted by Crippen LogP contribution is 2.31. The van der Waals surface area contributed by atoms with Crippen LogP contribution < -0.4 is 5.32 Å². The molecule has 7 heteroatoms. The molecule has 0 unspecified atom stereocenters. The molecule has 20 heavy (non-hydrogen) atoms. The maximum Gasteiger partial charge on any atom is 0.144 e. The molecule has 0 bridgehead atoms. The highest BCUT2D eigenvalue weighted by Gasteiger charge is 2.29. The quantitative estimate of drug-likeness (QED) is 0.930. The summed E-state index contributed by atoms with van der Waals surface area (Å²) in [7, 11) is 1.91. The van der Waals surface area contributed by atoms with Crippen LogP contribution in [0.25, 0.3) is 0 Å². The van der Waals surface area contributed by atoms with Crippen LogP contribution in [0.4, 0.5) is 5.82 Å². The zero-order chi connectivity index (χ0) is 13.9. The van der Waals surface area contributed by atoms with Crippen molar-refractivity contribution in [3.05, 3.63) is 35.0 Å². The van der Waals surface area contributed by atoms with Crippen LogP contribution in [0.15, 0.2) is 29.4 Å². The molecule has 0 spiro atoms. The van der Waals surface area contributed by atoms with Crippen LogP contribution in [0.2, 0.25) is 0 Å². The summed E-state index contributed by atoms with van der Waals surface area (Å²) in [5.41, 5.74) is 1.09. The minimum atomic E-state index is -0.000634. The molecule has 106 valence electrons. The van der Waals surface area contributed by atoms with Gasteiger partial charge in [0, 0.05) is 31.6 Å². The van der Waals surface area contributed by atoms with E-state index in [1.807, 2.05) is 19.4 Å². The molecule has 1 N–H and O–H groups in total. The molecule has 0 radical (unpaired) electrons. The third-order valence-electron chi connectivity index (χ3n) is 3.37. The first-order chi connectivity index (χ1) is 9.74. The number of rotatable bonds is 3. The molecular weight excluding hydrogens is 322 g/mol. The molecule has 2 aromatic rings. The molecule has 0 saturated carbocycles. The third kappa shape index (κ3) is 2.83. The average molecular weight is 338 g/mol. The van der Waals surface area contributed by atoms with Gasteiger partial charge in [0.2, 0.25) is 0 Å². The van der Waals surface area contributed by atoms with Crippen molar-refractivity contribution in [3.63, 3.8) is 0 Å². The molecule has 2 atom stereocenters. The first-order valence-corrected chi connectivity index (χ1v) is 7.35. The number of nitrogens with zero attached hydrogens (tertiary/aromatic N) is 4. The van der Waals surface area contributed by atoms with Crippen molar-refractivity contribution in [2.75, 3.05) is 11.9 Å². The van der Waals surface area contributed by atoms with Crippen LogP contribution in [0.5, 0.6) is 0 Å². The fourth-order valence-electron chi connectivity index (χ4n) is 2.44. The second-order valence-corrected chi connectivity index (χ2v) is 5.71. The second-order valence-electron chi connectivity index (χ2n) is 4.85. The van der Waals surface area contributed by atoms with Crippen LogP contribution in [0.3, 0.4) is 0 Å². The molecule has 0 amide bonds. The molecule has 1 aliphatic rings. The summed E-state index contributed by atoms with van der Waals surface area (Å²) >= 11 is 3.46. The smallest absolute Gasteiger partial charge is 0.144 e. The Labute approximate surface area is 125 Å². The Morgan fingerprint density at radius 1 is 1.45 bits per heavy atom. The molecule has 3 heterocycles. The van der Waals surface area contributed by atoms with Crippen molar-refractivity contribution in [2.45, 2.75) is 25.0 Å². The highest BCUT2D eigenvalue weighted by atomic mass is 79.9. The standard InChI is InChI=1S/C13H16BrN5O/c1-19-7-9(5-17-19)12-11(3-2-4-20-12)18-13-10(14)6-15-8-16-13/h5-8,11-12H,2-4H2,1H3,(H,15,16,18)/t11-,12+/m0/s1. The monoisotopic (exact) mass is 337 g/mol. The van der Waals surface area contributed by atoms with Crippen LogP contribution in [-0.4, -0.2) is 32.4 Å². The third-order valence-corrected chi connectivity index (χ3v) is 3.95. The topological polar surface area (TPSA) is 64.9 Å². The molecule has 1 saturated heterocycles. The number of nitrogens with one attached hydrogen (secondary N) is 1. The van der Waals surface area contributed by atoms with Gasteiger partial charge in [-0.2, -0.15) is 5.10 Å². The number of aromatic nitrogens is 4. The summed E-state index contributed by atoms with van der Waals surface area (Å²) in [6.07, 6.45) is 9.21. The summed E-state index contributed by atoms with van der Waals surface area (Å²) in [4.78, 5) is 8.24. The van der Waals surface area contributed by atoms with Crippen molar-refractivity contribution in [3.8, 4) is 0 Å². The molecule has 1 fully saturated rings. The Morgan fingerprint density at radius 3 is 3.10 bits per heavy atom. The van der Waals surface area contributed by atoms with Gasteiger partial charge in [-0.1, -0.05) is 0 Å². The second kappa shape index (κ2) is 5.88. The molecule has 0 aliphatic carbocycles. The Balaban J connectivity index is 1.81. The normalized spacial score (nSPS) is 22.7. The predicted molar refractivity (Wildman–Crippen MR) is 78.3 cm³/mol. The van der Waals surface area contributed by atoms with E-state index in [-0.39, 0.29) is 12.1 Å². The SMILES string of the molecule is Cn1cc([C@H]2OCCC[C@@H]2Nc2ncncc2Br)cn1. The zero-order valence-electron chi connectivity index (χ0n) is 11.2. The number of halogens is 1. The van der Waals surface area contributed by atoms with Gasteiger partial charge in [-0.15, -0.1) is 0 Å². The number of hydrogen-bond acceptors (Lipinski definition) is 5. The van der Waals surface area contributed by atoms with Gasteiger partial charge in [0.05, 0.1) is 16.7 Å². The van der Waals surface area contributed by atoms with Crippen LogP contribution in [0, 0.1) is 0 Å². The van der Waals surface area contributed by atoms with E-state index in [1.165, 1.54) is 6.33 Å². The van der Waals surface area contributed by atoms with E-state index < -0.39 is 0 Å². The molecule has 0 aromatic carbocycles. The first-order valence-electron chi connectivity index (χ1n) is 6.56. The minimum absolute atomic E-state index is 0.000634. The number of anilines is 1. The van der Waals surface area contributed by atoms with E-state index >= 15 is 0 Å². The van der Waals surface area contributed by atoms with Gasteiger partial charge >= 0.3 is 0 Å². The highest BCUT2D eigenvalue weighted by molar-refractivity contribution is 9.10. The molecular formula is C13H16BrN5O. The fraction of sp³-hybridized carbons (Fsp3) is 0.462. The molecule has 6 nitrogen and oxygen atoms in total. The minimum Gasteiger partial charge on any atom is -0.371 e. The van der Waals surface area contributed by atoms with Gasteiger partial charge in [-0.25, -0.2) is 9.97 Å². The van der Waals surface area contributed by atoms with E-state index in [0.29, 0.717) is 0 Å². The molecule has 3 rings (SSSR count). The van der Waals surface area contributed by atoms with Gasteiger partial charge in [0.1, 0.15) is 18.2 Å².